The van der Waals surface area contributed by atoms with Crippen LogP contribution in [-0.2, 0) is 4.74 Å². The van der Waals surface area contributed by atoms with Gasteiger partial charge >= 0.3 is 5.97 Å². The summed E-state index contributed by atoms with van der Waals surface area (Å²) in [4.78, 5) is 16.0. The molecule has 3 rings (SSSR count). The van der Waals surface area contributed by atoms with Gasteiger partial charge in [0.25, 0.3) is 0 Å². The molecule has 3 aromatic rings. The standard InChI is InChI=1S/C16H13N3O2/c1-21-16(20)13-7-3-2-6-12(13)10-18-19-11-17-14-8-4-5-9-15(14)19/h2-11H,1H3/b18-10+. The number of methoxy groups -OCH3 is 1. The Labute approximate surface area is 121 Å². The molecule has 0 saturated heterocycles. The molecule has 0 radical (unpaired) electrons. The zero-order chi connectivity index (χ0) is 14.7. The Kier molecular flexibility index (Phi) is 3.47. The minimum Gasteiger partial charge on any atom is -0.465 e. The fourth-order valence-corrected chi connectivity index (χ4v) is 2.07. The van der Waals surface area contributed by atoms with Crippen molar-refractivity contribution in [3.05, 3.63) is 66.0 Å². The lowest BCUT2D eigenvalue weighted by atomic mass is 10.1. The minimum absolute atomic E-state index is 0.382. The number of carbonyl (C=O) groups excluding carboxylic acids is 1. The predicted octanol–water partition coefficient (Wildman–Crippen LogP) is 2.71. The van der Waals surface area contributed by atoms with E-state index < -0.39 is 0 Å². The van der Waals surface area contributed by atoms with Crippen molar-refractivity contribution < 1.29 is 9.53 Å². The van der Waals surface area contributed by atoms with Crippen LogP contribution in [0.2, 0.25) is 0 Å². The van der Waals surface area contributed by atoms with E-state index in [1.807, 2.05) is 36.4 Å². The number of imidazole rings is 1. The Hall–Kier alpha value is -2.95. The number of hydrogen-bond donors (Lipinski definition) is 0. The average Bonchev–Trinajstić information content (AvgIpc) is 2.96. The van der Waals surface area contributed by atoms with Crippen molar-refractivity contribution in [1.82, 2.24) is 9.66 Å². The van der Waals surface area contributed by atoms with Crippen LogP contribution >= 0.6 is 0 Å². The molecule has 2 aromatic carbocycles. The van der Waals surface area contributed by atoms with Crippen molar-refractivity contribution in [1.29, 1.82) is 0 Å². The first-order chi connectivity index (χ1) is 10.3. The molecular formula is C16H13N3O2. The van der Waals surface area contributed by atoms with Gasteiger partial charge in [0.05, 0.1) is 29.9 Å². The second kappa shape index (κ2) is 5.58. The molecular weight excluding hydrogens is 266 g/mol. The summed E-state index contributed by atoms with van der Waals surface area (Å²) >= 11 is 0. The molecule has 104 valence electrons. The number of rotatable bonds is 3. The third-order valence-electron chi connectivity index (χ3n) is 3.12. The molecule has 0 atom stereocenters. The van der Waals surface area contributed by atoms with Crippen molar-refractivity contribution in [3.63, 3.8) is 0 Å². The molecule has 0 unspecified atom stereocenters. The first kappa shape index (κ1) is 13.1. The van der Waals surface area contributed by atoms with Gasteiger partial charge in [-0.25, -0.2) is 14.5 Å². The number of carbonyl (C=O) groups is 1. The minimum atomic E-state index is -0.382. The summed E-state index contributed by atoms with van der Waals surface area (Å²) in [5.74, 6) is -0.382. The molecule has 0 aliphatic carbocycles. The quantitative estimate of drug-likeness (QED) is 0.547. The summed E-state index contributed by atoms with van der Waals surface area (Å²) in [5.41, 5.74) is 2.95. The SMILES string of the molecule is COC(=O)c1ccccc1/C=N/n1cnc2ccccc21. The Balaban J connectivity index is 1.98. The molecule has 0 fully saturated rings. The van der Waals surface area contributed by atoms with Gasteiger partial charge in [-0.2, -0.15) is 5.10 Å². The van der Waals surface area contributed by atoms with Crippen LogP contribution < -0.4 is 0 Å². The van der Waals surface area contributed by atoms with Gasteiger partial charge in [-0.15, -0.1) is 0 Å². The fraction of sp³-hybridized carbons (Fsp3) is 0.0625. The summed E-state index contributed by atoms with van der Waals surface area (Å²) in [6.45, 7) is 0. The molecule has 0 bridgehead atoms. The van der Waals surface area contributed by atoms with E-state index in [-0.39, 0.29) is 5.97 Å². The number of esters is 1. The van der Waals surface area contributed by atoms with Crippen LogP contribution in [0, 0.1) is 0 Å². The van der Waals surface area contributed by atoms with Crippen molar-refractivity contribution in [2.45, 2.75) is 0 Å². The monoisotopic (exact) mass is 279 g/mol. The number of benzene rings is 2. The van der Waals surface area contributed by atoms with E-state index in [2.05, 4.69) is 10.1 Å². The van der Waals surface area contributed by atoms with E-state index in [9.17, 15) is 4.79 Å². The number of hydrogen-bond acceptors (Lipinski definition) is 4. The topological polar surface area (TPSA) is 56.5 Å². The van der Waals surface area contributed by atoms with Crippen molar-refractivity contribution in [2.24, 2.45) is 5.10 Å². The lowest BCUT2D eigenvalue weighted by Crippen LogP contribution is -2.05. The number of nitrogens with zero attached hydrogens (tertiary/aromatic N) is 3. The predicted molar refractivity (Wildman–Crippen MR) is 80.5 cm³/mol. The summed E-state index contributed by atoms with van der Waals surface area (Å²) in [6, 6.07) is 14.9. The molecule has 0 saturated carbocycles. The number of ether oxygens (including phenoxy) is 1. The zero-order valence-corrected chi connectivity index (χ0v) is 11.4. The smallest absolute Gasteiger partial charge is 0.338 e. The van der Waals surface area contributed by atoms with Gasteiger partial charge in [-0.1, -0.05) is 30.3 Å². The number of para-hydroxylation sites is 2. The van der Waals surface area contributed by atoms with Crippen LogP contribution in [0.3, 0.4) is 0 Å². The van der Waals surface area contributed by atoms with Crippen LogP contribution in [0.4, 0.5) is 0 Å². The molecule has 21 heavy (non-hydrogen) atoms. The summed E-state index contributed by atoms with van der Waals surface area (Å²) in [6.07, 6.45) is 3.27. The van der Waals surface area contributed by atoms with E-state index in [1.165, 1.54) is 7.11 Å². The number of fused-ring (bicyclic) bond motifs is 1. The molecule has 0 amide bonds. The summed E-state index contributed by atoms with van der Waals surface area (Å²) in [7, 11) is 1.36. The second-order valence-corrected chi connectivity index (χ2v) is 4.40. The third kappa shape index (κ3) is 2.53. The maximum atomic E-state index is 11.7. The van der Waals surface area contributed by atoms with Gasteiger partial charge < -0.3 is 4.74 Å². The largest absolute Gasteiger partial charge is 0.465 e. The Morgan fingerprint density at radius 2 is 1.95 bits per heavy atom. The molecule has 0 aliphatic heterocycles. The highest BCUT2D eigenvalue weighted by Crippen LogP contribution is 2.12. The fourth-order valence-electron chi connectivity index (χ4n) is 2.07. The highest BCUT2D eigenvalue weighted by atomic mass is 16.5. The average molecular weight is 279 g/mol. The molecule has 0 aliphatic rings. The van der Waals surface area contributed by atoms with Crippen molar-refractivity contribution in [3.8, 4) is 0 Å². The first-order valence-corrected chi connectivity index (χ1v) is 6.43. The molecule has 1 aromatic heterocycles. The van der Waals surface area contributed by atoms with Gasteiger partial charge in [0.15, 0.2) is 0 Å². The second-order valence-electron chi connectivity index (χ2n) is 4.40. The normalized spacial score (nSPS) is 11.1. The van der Waals surface area contributed by atoms with Crippen LogP contribution in [0.25, 0.3) is 11.0 Å². The molecule has 0 spiro atoms. The van der Waals surface area contributed by atoms with E-state index in [1.54, 1.807) is 29.4 Å². The maximum Gasteiger partial charge on any atom is 0.338 e. The Morgan fingerprint density at radius 1 is 1.19 bits per heavy atom. The van der Waals surface area contributed by atoms with Crippen molar-refractivity contribution in [2.75, 3.05) is 7.11 Å². The van der Waals surface area contributed by atoms with Gasteiger partial charge in [0.2, 0.25) is 0 Å². The molecule has 0 N–H and O–H groups in total. The Bertz CT molecular complexity index is 821. The van der Waals surface area contributed by atoms with Crippen LogP contribution in [0.1, 0.15) is 15.9 Å². The molecule has 5 heteroatoms. The van der Waals surface area contributed by atoms with Gasteiger partial charge in [-0.05, 0) is 18.2 Å². The van der Waals surface area contributed by atoms with Crippen molar-refractivity contribution >= 4 is 23.2 Å². The van der Waals surface area contributed by atoms with E-state index in [4.69, 9.17) is 4.74 Å². The maximum absolute atomic E-state index is 11.7. The van der Waals surface area contributed by atoms with E-state index in [0.717, 1.165) is 11.0 Å². The van der Waals surface area contributed by atoms with Crippen LogP contribution in [0.5, 0.6) is 0 Å². The molecule has 5 nitrogen and oxygen atoms in total. The summed E-state index contributed by atoms with van der Waals surface area (Å²) in [5, 5.41) is 4.36. The van der Waals surface area contributed by atoms with Gasteiger partial charge in [0.1, 0.15) is 6.33 Å². The van der Waals surface area contributed by atoms with Crippen LogP contribution in [-0.4, -0.2) is 29.0 Å². The lowest BCUT2D eigenvalue weighted by molar-refractivity contribution is 0.0600. The zero-order valence-electron chi connectivity index (χ0n) is 11.4. The highest BCUT2D eigenvalue weighted by molar-refractivity contribution is 5.99. The van der Waals surface area contributed by atoms with E-state index in [0.29, 0.717) is 11.1 Å². The number of aromatic nitrogens is 2. The first-order valence-electron chi connectivity index (χ1n) is 6.43. The van der Waals surface area contributed by atoms with E-state index >= 15 is 0 Å². The Morgan fingerprint density at radius 3 is 2.81 bits per heavy atom. The highest BCUT2D eigenvalue weighted by Gasteiger charge is 2.09. The lowest BCUT2D eigenvalue weighted by Gasteiger charge is -2.03. The van der Waals surface area contributed by atoms with Gasteiger partial charge in [-0.3, -0.25) is 0 Å². The van der Waals surface area contributed by atoms with Crippen LogP contribution in [0.15, 0.2) is 60.0 Å². The third-order valence-corrected chi connectivity index (χ3v) is 3.12. The summed E-state index contributed by atoms with van der Waals surface area (Å²) < 4.78 is 6.43. The molecule has 1 heterocycles. The van der Waals surface area contributed by atoms with Gasteiger partial charge in [0, 0.05) is 5.56 Å².